The van der Waals surface area contributed by atoms with Crippen molar-refractivity contribution in [1.29, 1.82) is 0 Å². The number of rotatable bonds is 5. The number of hydrogen-bond acceptors (Lipinski definition) is 6. The van der Waals surface area contributed by atoms with Crippen LogP contribution in [0.2, 0.25) is 0 Å². The quantitative estimate of drug-likeness (QED) is 0.798. The molecule has 1 unspecified atom stereocenters. The van der Waals surface area contributed by atoms with E-state index in [0.717, 1.165) is 19.6 Å². The van der Waals surface area contributed by atoms with Crippen molar-refractivity contribution < 1.29 is 13.5 Å². The Kier molecular flexibility index (Phi) is 5.39. The molecule has 1 aliphatic heterocycles. The largest absolute Gasteiger partial charge is 0.391 e. The van der Waals surface area contributed by atoms with E-state index in [-0.39, 0.29) is 17.5 Å². The Morgan fingerprint density at radius 3 is 2.81 bits per heavy atom. The molecule has 0 saturated carbocycles. The molecule has 1 aromatic rings. The maximum Gasteiger partial charge on any atom is 0.242 e. The SMILES string of the molecule is Cc1csc(CO)c1S(=O)(=O)NCC1CN(C)CCN1C. The van der Waals surface area contributed by atoms with E-state index in [1.165, 1.54) is 11.3 Å². The Hall–Kier alpha value is -0.510. The van der Waals surface area contributed by atoms with Crippen molar-refractivity contribution in [2.45, 2.75) is 24.5 Å². The molecule has 0 bridgehead atoms. The van der Waals surface area contributed by atoms with Crippen LogP contribution >= 0.6 is 11.3 Å². The summed E-state index contributed by atoms with van der Waals surface area (Å²) in [7, 11) is 0.482. The molecule has 2 heterocycles. The van der Waals surface area contributed by atoms with Gasteiger partial charge in [-0.15, -0.1) is 11.3 Å². The minimum absolute atomic E-state index is 0.162. The van der Waals surface area contributed by atoms with E-state index in [9.17, 15) is 13.5 Å². The molecule has 0 radical (unpaired) electrons. The third-order valence-corrected chi connectivity index (χ3v) is 6.76. The third-order valence-electron chi connectivity index (χ3n) is 3.89. The Balaban J connectivity index is 2.09. The summed E-state index contributed by atoms with van der Waals surface area (Å²) >= 11 is 1.28. The van der Waals surface area contributed by atoms with Crippen LogP contribution in [0.4, 0.5) is 0 Å². The fraction of sp³-hybridized carbons (Fsp3) is 0.692. The standard InChI is InChI=1S/C13H23N3O3S2/c1-10-9-20-12(8-17)13(10)21(18,19)14-6-11-7-15(2)4-5-16(11)3/h9,11,14,17H,4-8H2,1-3H3. The van der Waals surface area contributed by atoms with Gasteiger partial charge in [-0.1, -0.05) is 0 Å². The predicted molar refractivity (Wildman–Crippen MR) is 84.1 cm³/mol. The number of aliphatic hydroxyl groups excluding tert-OH is 1. The summed E-state index contributed by atoms with van der Waals surface area (Å²) < 4.78 is 27.7. The van der Waals surface area contributed by atoms with Crippen molar-refractivity contribution in [2.24, 2.45) is 0 Å². The first-order valence-electron chi connectivity index (χ1n) is 6.91. The zero-order chi connectivity index (χ0) is 15.6. The van der Waals surface area contributed by atoms with Crippen molar-refractivity contribution in [1.82, 2.24) is 14.5 Å². The van der Waals surface area contributed by atoms with E-state index in [4.69, 9.17) is 0 Å². The number of likely N-dealkylation sites (N-methyl/N-ethyl adjacent to an activating group) is 2. The fourth-order valence-electron chi connectivity index (χ4n) is 2.56. The molecule has 6 nitrogen and oxygen atoms in total. The van der Waals surface area contributed by atoms with Gasteiger partial charge >= 0.3 is 0 Å². The van der Waals surface area contributed by atoms with Crippen LogP contribution < -0.4 is 4.72 Å². The molecule has 0 spiro atoms. The molecule has 1 saturated heterocycles. The van der Waals surface area contributed by atoms with Crippen molar-refractivity contribution >= 4 is 21.4 Å². The Bertz CT molecular complexity index is 585. The molecule has 0 aromatic carbocycles. The number of nitrogens with one attached hydrogen (secondary N) is 1. The van der Waals surface area contributed by atoms with Gasteiger partial charge in [0.25, 0.3) is 0 Å². The summed E-state index contributed by atoms with van der Waals surface area (Å²) in [6, 6.07) is 0.162. The molecule has 1 fully saturated rings. The number of sulfonamides is 1. The molecule has 21 heavy (non-hydrogen) atoms. The summed E-state index contributed by atoms with van der Waals surface area (Å²) in [5.74, 6) is 0. The van der Waals surface area contributed by atoms with Gasteiger partial charge in [0.05, 0.1) is 11.5 Å². The topological polar surface area (TPSA) is 72.9 Å². The van der Waals surface area contributed by atoms with Crippen molar-refractivity contribution in [3.8, 4) is 0 Å². The van der Waals surface area contributed by atoms with Gasteiger partial charge in [-0.05, 0) is 32.0 Å². The lowest BCUT2D eigenvalue weighted by atomic mass is 10.2. The summed E-state index contributed by atoms with van der Waals surface area (Å²) in [4.78, 5) is 5.11. The first kappa shape index (κ1) is 16.9. The summed E-state index contributed by atoms with van der Waals surface area (Å²) in [6.45, 7) is 4.66. The van der Waals surface area contributed by atoms with Crippen LogP contribution in [-0.4, -0.2) is 69.6 Å². The minimum Gasteiger partial charge on any atom is -0.391 e. The average Bonchev–Trinajstić information content (AvgIpc) is 2.82. The van der Waals surface area contributed by atoms with E-state index in [1.807, 2.05) is 14.1 Å². The van der Waals surface area contributed by atoms with Crippen molar-refractivity contribution in [3.63, 3.8) is 0 Å². The molecule has 2 rings (SSSR count). The van der Waals surface area contributed by atoms with E-state index in [2.05, 4.69) is 14.5 Å². The van der Waals surface area contributed by atoms with Gasteiger partial charge in [-0.3, -0.25) is 4.90 Å². The van der Waals surface area contributed by atoms with Crippen LogP contribution in [0.15, 0.2) is 10.3 Å². The Labute approximate surface area is 130 Å². The van der Waals surface area contributed by atoms with Crippen molar-refractivity contribution in [3.05, 3.63) is 15.8 Å². The molecule has 1 aromatic heterocycles. The zero-order valence-corrected chi connectivity index (χ0v) is 14.3. The van der Waals surface area contributed by atoms with Crippen LogP contribution in [0, 0.1) is 6.92 Å². The molecule has 2 N–H and O–H groups in total. The number of thiophene rings is 1. The van der Waals surface area contributed by atoms with E-state index in [0.29, 0.717) is 17.0 Å². The highest BCUT2D eigenvalue weighted by atomic mass is 32.2. The van der Waals surface area contributed by atoms with Gasteiger partial charge in [-0.25, -0.2) is 13.1 Å². The first-order valence-corrected chi connectivity index (χ1v) is 9.27. The van der Waals surface area contributed by atoms with Gasteiger partial charge in [0.1, 0.15) is 4.90 Å². The maximum absolute atomic E-state index is 12.5. The lowest BCUT2D eigenvalue weighted by molar-refractivity contribution is 0.117. The average molecular weight is 333 g/mol. The third kappa shape index (κ3) is 3.82. The molecule has 1 atom stereocenters. The van der Waals surface area contributed by atoms with Crippen LogP contribution in [0.5, 0.6) is 0 Å². The molecule has 120 valence electrons. The number of nitrogens with zero attached hydrogens (tertiary/aromatic N) is 2. The van der Waals surface area contributed by atoms with Gasteiger partial charge in [0, 0.05) is 32.2 Å². The molecular weight excluding hydrogens is 310 g/mol. The second kappa shape index (κ2) is 6.72. The highest BCUT2D eigenvalue weighted by Gasteiger charge is 2.27. The maximum atomic E-state index is 12.5. The first-order chi connectivity index (χ1) is 9.85. The normalized spacial score (nSPS) is 21.8. The molecule has 1 aliphatic rings. The highest BCUT2D eigenvalue weighted by Crippen LogP contribution is 2.26. The summed E-state index contributed by atoms with van der Waals surface area (Å²) in [5, 5.41) is 11.1. The van der Waals surface area contributed by atoms with Crippen LogP contribution in [0.1, 0.15) is 10.4 Å². The van der Waals surface area contributed by atoms with Gasteiger partial charge in [-0.2, -0.15) is 0 Å². The highest BCUT2D eigenvalue weighted by molar-refractivity contribution is 7.89. The number of hydrogen-bond donors (Lipinski definition) is 2. The second-order valence-corrected chi connectivity index (χ2v) is 8.25. The monoisotopic (exact) mass is 333 g/mol. The minimum atomic E-state index is -3.58. The number of aliphatic hydroxyl groups is 1. The van der Waals surface area contributed by atoms with Gasteiger partial charge in [0.15, 0.2) is 0 Å². The zero-order valence-electron chi connectivity index (χ0n) is 12.7. The number of aryl methyl sites for hydroxylation is 1. The fourth-order valence-corrected chi connectivity index (χ4v) is 5.29. The Morgan fingerprint density at radius 1 is 1.43 bits per heavy atom. The van der Waals surface area contributed by atoms with Gasteiger partial charge < -0.3 is 10.0 Å². The van der Waals surface area contributed by atoms with E-state index in [1.54, 1.807) is 12.3 Å². The van der Waals surface area contributed by atoms with Crippen LogP contribution in [-0.2, 0) is 16.6 Å². The molecule has 0 amide bonds. The Morgan fingerprint density at radius 2 is 2.14 bits per heavy atom. The summed E-state index contributed by atoms with van der Waals surface area (Å²) in [5.41, 5.74) is 0.686. The van der Waals surface area contributed by atoms with Crippen LogP contribution in [0.25, 0.3) is 0 Å². The van der Waals surface area contributed by atoms with Gasteiger partial charge in [0.2, 0.25) is 10.0 Å². The predicted octanol–water partition coefficient (Wildman–Crippen LogP) is 0.0729. The number of piperazine rings is 1. The summed E-state index contributed by atoms with van der Waals surface area (Å²) in [6.07, 6.45) is 0. The molecular formula is C13H23N3O3S2. The second-order valence-electron chi connectivity index (χ2n) is 5.58. The molecule has 0 aliphatic carbocycles. The van der Waals surface area contributed by atoms with Crippen LogP contribution in [0.3, 0.4) is 0 Å². The lowest BCUT2D eigenvalue weighted by Gasteiger charge is -2.37. The van der Waals surface area contributed by atoms with Crippen molar-refractivity contribution in [2.75, 3.05) is 40.3 Å². The molecule has 8 heteroatoms. The lowest BCUT2D eigenvalue weighted by Crippen LogP contribution is -2.54. The van der Waals surface area contributed by atoms with E-state index < -0.39 is 10.0 Å². The smallest absolute Gasteiger partial charge is 0.242 e. The van der Waals surface area contributed by atoms with E-state index >= 15 is 0 Å².